The van der Waals surface area contributed by atoms with Crippen LogP contribution in [0.3, 0.4) is 0 Å². The molecule has 0 saturated carbocycles. The highest BCUT2D eigenvalue weighted by atomic mass is 16.6. The Morgan fingerprint density at radius 3 is 2.17 bits per heavy atom. The Labute approximate surface area is 140 Å². The Morgan fingerprint density at radius 2 is 1.74 bits per heavy atom. The molecule has 0 spiro atoms. The van der Waals surface area contributed by atoms with Gasteiger partial charge in [-0.05, 0) is 47.0 Å². The summed E-state index contributed by atoms with van der Waals surface area (Å²) in [4.78, 5) is 26.4. The number of hydrogen-bond acceptors (Lipinski definition) is 4. The van der Waals surface area contributed by atoms with Crippen molar-refractivity contribution in [3.05, 3.63) is 0 Å². The van der Waals surface area contributed by atoms with Crippen molar-refractivity contribution in [1.82, 2.24) is 4.90 Å². The third-order valence-corrected chi connectivity index (χ3v) is 4.70. The van der Waals surface area contributed by atoms with Crippen LogP contribution in [0.25, 0.3) is 0 Å². The summed E-state index contributed by atoms with van der Waals surface area (Å²) in [5.41, 5.74) is -1.66. The first-order valence-electron chi connectivity index (χ1n) is 8.54. The molecule has 0 aromatic heterocycles. The minimum absolute atomic E-state index is 0.131. The van der Waals surface area contributed by atoms with Crippen molar-refractivity contribution in [2.45, 2.75) is 79.4 Å². The smallest absolute Gasteiger partial charge is 0.410 e. The summed E-state index contributed by atoms with van der Waals surface area (Å²) in [6, 6.07) is 0. The van der Waals surface area contributed by atoms with Gasteiger partial charge in [-0.25, -0.2) is 4.79 Å². The van der Waals surface area contributed by atoms with Crippen molar-refractivity contribution in [3.8, 4) is 0 Å². The fraction of sp³-hybridized carbons (Fsp3) is 0.889. The molecular formula is C18H33NO4. The minimum Gasteiger partial charge on any atom is -0.456 e. The van der Waals surface area contributed by atoms with Gasteiger partial charge in [0.05, 0.1) is 12.0 Å². The van der Waals surface area contributed by atoms with Crippen LogP contribution in [0.1, 0.15) is 68.2 Å². The molecule has 1 heterocycles. The van der Waals surface area contributed by atoms with E-state index in [2.05, 4.69) is 0 Å². The van der Waals surface area contributed by atoms with Crippen molar-refractivity contribution >= 4 is 12.1 Å². The van der Waals surface area contributed by atoms with Crippen molar-refractivity contribution < 1.29 is 19.1 Å². The van der Waals surface area contributed by atoms with E-state index >= 15 is 0 Å². The molecule has 1 atom stereocenters. The molecule has 1 amide bonds. The first-order chi connectivity index (χ1) is 10.3. The summed E-state index contributed by atoms with van der Waals surface area (Å²) in [6.07, 6.45) is 1.02. The molecule has 1 saturated heterocycles. The lowest BCUT2D eigenvalue weighted by Gasteiger charge is -2.36. The summed E-state index contributed by atoms with van der Waals surface area (Å²) in [5.74, 6) is -0.0636. The van der Waals surface area contributed by atoms with Crippen LogP contribution in [0.5, 0.6) is 0 Å². The van der Waals surface area contributed by atoms with Gasteiger partial charge in [0.25, 0.3) is 0 Å². The quantitative estimate of drug-likeness (QED) is 0.732. The van der Waals surface area contributed by atoms with E-state index in [-0.39, 0.29) is 18.0 Å². The van der Waals surface area contributed by atoms with Crippen molar-refractivity contribution in [2.75, 3.05) is 13.1 Å². The van der Waals surface area contributed by atoms with Crippen LogP contribution in [-0.2, 0) is 14.3 Å². The van der Waals surface area contributed by atoms with Crippen LogP contribution in [0, 0.1) is 11.3 Å². The molecule has 1 fully saturated rings. The maximum absolute atomic E-state index is 12.5. The zero-order chi connectivity index (χ0) is 18.1. The molecular weight excluding hydrogens is 294 g/mol. The van der Waals surface area contributed by atoms with Crippen LogP contribution in [0.4, 0.5) is 4.79 Å². The molecule has 0 radical (unpaired) electrons. The number of amides is 1. The number of carbonyl (C=O) groups excluding carboxylic acids is 2. The summed E-state index contributed by atoms with van der Waals surface area (Å²) in [6.45, 7) is 16.3. The van der Waals surface area contributed by atoms with Gasteiger partial charge in [0.15, 0.2) is 0 Å². The largest absolute Gasteiger partial charge is 0.456 e. The lowest BCUT2D eigenvalue weighted by atomic mass is 9.86. The number of carbonyl (C=O) groups is 2. The predicted molar refractivity (Wildman–Crippen MR) is 90.2 cm³/mol. The van der Waals surface area contributed by atoms with Crippen LogP contribution in [0.15, 0.2) is 0 Å². The van der Waals surface area contributed by atoms with Gasteiger partial charge in [0, 0.05) is 13.0 Å². The van der Waals surface area contributed by atoms with Gasteiger partial charge in [-0.1, -0.05) is 20.8 Å². The first-order valence-corrected chi connectivity index (χ1v) is 8.54. The SMILES string of the molecule is CCC(C)(C)C(=O)OC1(C(C)C)CCN(C(=O)OC(C)(C)C)C1. The number of nitrogens with zero attached hydrogens (tertiary/aromatic N) is 1. The second-order valence-electron chi connectivity index (χ2n) is 8.50. The second kappa shape index (κ2) is 6.70. The number of likely N-dealkylation sites (tertiary alicyclic amines) is 1. The Bertz CT molecular complexity index is 450. The van der Waals surface area contributed by atoms with Gasteiger partial charge in [-0.15, -0.1) is 0 Å². The molecule has 0 aromatic carbocycles. The topological polar surface area (TPSA) is 55.8 Å². The van der Waals surface area contributed by atoms with Crippen LogP contribution in [0.2, 0.25) is 0 Å². The van der Waals surface area contributed by atoms with Crippen LogP contribution >= 0.6 is 0 Å². The fourth-order valence-corrected chi connectivity index (χ4v) is 2.43. The predicted octanol–water partition coefficient (Wildman–Crippen LogP) is 4.00. The zero-order valence-electron chi connectivity index (χ0n) is 16.0. The van der Waals surface area contributed by atoms with E-state index in [9.17, 15) is 9.59 Å². The summed E-state index contributed by atoms with van der Waals surface area (Å²) in [7, 11) is 0. The van der Waals surface area contributed by atoms with Crippen molar-refractivity contribution in [2.24, 2.45) is 11.3 Å². The number of esters is 1. The third kappa shape index (κ3) is 4.85. The Morgan fingerprint density at radius 1 is 1.17 bits per heavy atom. The molecule has 134 valence electrons. The average molecular weight is 327 g/mol. The lowest BCUT2D eigenvalue weighted by Crippen LogP contribution is -2.47. The van der Waals surface area contributed by atoms with Gasteiger partial charge in [-0.2, -0.15) is 0 Å². The number of ether oxygens (including phenoxy) is 2. The van der Waals surface area contributed by atoms with E-state index in [1.165, 1.54) is 0 Å². The lowest BCUT2D eigenvalue weighted by molar-refractivity contribution is -0.174. The van der Waals surface area contributed by atoms with E-state index in [0.29, 0.717) is 19.5 Å². The van der Waals surface area contributed by atoms with Crippen LogP contribution < -0.4 is 0 Å². The zero-order valence-corrected chi connectivity index (χ0v) is 16.0. The average Bonchev–Trinajstić information content (AvgIpc) is 2.82. The molecule has 1 aliphatic heterocycles. The van der Waals surface area contributed by atoms with E-state index in [4.69, 9.17) is 9.47 Å². The molecule has 5 heteroatoms. The molecule has 0 bridgehead atoms. The monoisotopic (exact) mass is 327 g/mol. The Hall–Kier alpha value is -1.26. The normalized spacial score (nSPS) is 22.4. The summed E-state index contributed by atoms with van der Waals surface area (Å²) in [5, 5.41) is 0. The number of rotatable bonds is 4. The van der Waals surface area contributed by atoms with E-state index < -0.39 is 16.6 Å². The van der Waals surface area contributed by atoms with E-state index in [1.54, 1.807) is 4.90 Å². The van der Waals surface area contributed by atoms with Gasteiger partial charge >= 0.3 is 12.1 Å². The minimum atomic E-state index is -0.625. The van der Waals surface area contributed by atoms with Gasteiger partial charge < -0.3 is 14.4 Å². The molecule has 1 rings (SSSR count). The highest BCUT2D eigenvalue weighted by molar-refractivity contribution is 5.76. The third-order valence-electron chi connectivity index (χ3n) is 4.70. The highest BCUT2D eigenvalue weighted by Crippen LogP contribution is 2.36. The maximum atomic E-state index is 12.5. The maximum Gasteiger partial charge on any atom is 0.410 e. The molecule has 23 heavy (non-hydrogen) atoms. The van der Waals surface area contributed by atoms with E-state index in [0.717, 1.165) is 6.42 Å². The highest BCUT2D eigenvalue weighted by Gasteiger charge is 2.48. The van der Waals surface area contributed by atoms with Gasteiger partial charge in [0.2, 0.25) is 0 Å². The molecule has 5 nitrogen and oxygen atoms in total. The Balaban J connectivity index is 2.86. The Kier molecular flexibility index (Phi) is 5.76. The standard InChI is InChI=1S/C18H33NO4/c1-9-17(7,8)14(20)22-18(13(2)3)10-11-19(12-18)15(21)23-16(4,5)6/h13H,9-12H2,1-8H3. The van der Waals surface area contributed by atoms with E-state index in [1.807, 2.05) is 55.4 Å². The van der Waals surface area contributed by atoms with Crippen LogP contribution in [-0.4, -0.2) is 41.3 Å². The molecule has 1 unspecified atom stereocenters. The molecule has 0 aromatic rings. The van der Waals surface area contributed by atoms with Crippen molar-refractivity contribution in [3.63, 3.8) is 0 Å². The first kappa shape index (κ1) is 19.8. The second-order valence-corrected chi connectivity index (χ2v) is 8.50. The molecule has 1 aliphatic rings. The molecule has 0 N–H and O–H groups in total. The molecule has 0 aliphatic carbocycles. The summed E-state index contributed by atoms with van der Waals surface area (Å²) >= 11 is 0. The van der Waals surface area contributed by atoms with Crippen molar-refractivity contribution in [1.29, 1.82) is 0 Å². The summed E-state index contributed by atoms with van der Waals surface area (Å²) < 4.78 is 11.4. The van der Waals surface area contributed by atoms with Gasteiger partial charge in [-0.3, -0.25) is 4.79 Å². The fourth-order valence-electron chi connectivity index (χ4n) is 2.43. The number of hydrogen-bond donors (Lipinski definition) is 0. The van der Waals surface area contributed by atoms with Gasteiger partial charge in [0.1, 0.15) is 11.2 Å².